The lowest BCUT2D eigenvalue weighted by atomic mass is 10.0. The predicted molar refractivity (Wildman–Crippen MR) is 66.4 cm³/mol. The third-order valence-electron chi connectivity index (χ3n) is 3.95. The standard InChI is InChI=1S/C12H21N3O3/c1-13-5-3-4-10(8-13)14(2)12(18)15-6-9(7-15)11(16)17/h9-10H,3-8H2,1-2H3,(H,16,17). The van der Waals surface area contributed by atoms with Crippen molar-refractivity contribution in [2.75, 3.05) is 40.3 Å². The molecule has 0 saturated carbocycles. The number of urea groups is 1. The van der Waals surface area contributed by atoms with Crippen molar-refractivity contribution in [3.8, 4) is 0 Å². The number of carboxylic acid groups (broad SMARTS) is 1. The van der Waals surface area contributed by atoms with E-state index < -0.39 is 5.97 Å². The van der Waals surface area contributed by atoms with Gasteiger partial charge in [0.05, 0.1) is 5.92 Å². The molecule has 2 amide bonds. The van der Waals surface area contributed by atoms with Gasteiger partial charge >= 0.3 is 12.0 Å². The minimum Gasteiger partial charge on any atom is -0.481 e. The van der Waals surface area contributed by atoms with E-state index in [0.29, 0.717) is 13.1 Å². The maximum absolute atomic E-state index is 12.1. The Labute approximate surface area is 107 Å². The topological polar surface area (TPSA) is 64.1 Å². The van der Waals surface area contributed by atoms with Crippen LogP contribution in [0.2, 0.25) is 0 Å². The Hall–Kier alpha value is -1.30. The number of nitrogens with zero attached hydrogens (tertiary/aromatic N) is 3. The zero-order valence-corrected chi connectivity index (χ0v) is 11.0. The van der Waals surface area contributed by atoms with Gasteiger partial charge in [-0.25, -0.2) is 4.79 Å². The van der Waals surface area contributed by atoms with E-state index in [1.807, 2.05) is 7.05 Å². The molecule has 18 heavy (non-hydrogen) atoms. The van der Waals surface area contributed by atoms with E-state index in [2.05, 4.69) is 11.9 Å². The van der Waals surface area contributed by atoms with E-state index in [4.69, 9.17) is 5.11 Å². The van der Waals surface area contributed by atoms with Crippen molar-refractivity contribution >= 4 is 12.0 Å². The first-order chi connectivity index (χ1) is 8.49. The van der Waals surface area contributed by atoms with Crippen LogP contribution in [0.3, 0.4) is 0 Å². The van der Waals surface area contributed by atoms with Gasteiger partial charge in [-0.05, 0) is 26.4 Å². The molecule has 6 heteroatoms. The van der Waals surface area contributed by atoms with E-state index in [1.165, 1.54) is 0 Å². The second-order valence-electron chi connectivity index (χ2n) is 5.39. The number of hydrogen-bond acceptors (Lipinski definition) is 3. The Kier molecular flexibility index (Phi) is 3.75. The fourth-order valence-corrected chi connectivity index (χ4v) is 2.63. The molecular formula is C12H21N3O3. The molecule has 0 aromatic rings. The minimum atomic E-state index is -0.806. The molecule has 2 heterocycles. The van der Waals surface area contributed by atoms with Gasteiger partial charge in [0.25, 0.3) is 0 Å². The summed E-state index contributed by atoms with van der Waals surface area (Å²) in [5.74, 6) is -1.18. The van der Waals surface area contributed by atoms with Gasteiger partial charge in [0.2, 0.25) is 0 Å². The molecule has 2 aliphatic rings. The summed E-state index contributed by atoms with van der Waals surface area (Å²) >= 11 is 0. The highest BCUT2D eigenvalue weighted by Gasteiger charge is 2.38. The summed E-state index contributed by atoms with van der Waals surface area (Å²) in [6, 6.07) is 0.216. The second kappa shape index (κ2) is 5.14. The third-order valence-corrected chi connectivity index (χ3v) is 3.95. The van der Waals surface area contributed by atoms with Crippen molar-refractivity contribution in [2.45, 2.75) is 18.9 Å². The first kappa shape index (κ1) is 13.1. The molecule has 2 rings (SSSR count). The Bertz CT molecular complexity index is 341. The fraction of sp³-hybridized carbons (Fsp3) is 0.833. The van der Waals surface area contributed by atoms with Crippen LogP contribution in [-0.2, 0) is 4.79 Å². The average Bonchev–Trinajstić information content (AvgIpc) is 2.25. The van der Waals surface area contributed by atoms with Crippen LogP contribution in [0.1, 0.15) is 12.8 Å². The molecular weight excluding hydrogens is 234 g/mol. The minimum absolute atomic E-state index is 0.0344. The van der Waals surface area contributed by atoms with E-state index in [-0.39, 0.29) is 18.0 Å². The normalized spacial score (nSPS) is 25.7. The number of likely N-dealkylation sites (tertiary alicyclic amines) is 2. The average molecular weight is 255 g/mol. The second-order valence-corrected chi connectivity index (χ2v) is 5.39. The lowest BCUT2D eigenvalue weighted by Crippen LogP contribution is -2.59. The Morgan fingerprint density at radius 2 is 1.94 bits per heavy atom. The van der Waals surface area contributed by atoms with Crippen molar-refractivity contribution in [1.29, 1.82) is 0 Å². The first-order valence-electron chi connectivity index (χ1n) is 6.42. The number of carboxylic acids is 1. The van der Waals surface area contributed by atoms with Crippen molar-refractivity contribution in [3.63, 3.8) is 0 Å². The highest BCUT2D eigenvalue weighted by atomic mass is 16.4. The summed E-state index contributed by atoms with van der Waals surface area (Å²) < 4.78 is 0. The summed E-state index contributed by atoms with van der Waals surface area (Å²) in [5, 5.41) is 8.80. The summed E-state index contributed by atoms with van der Waals surface area (Å²) in [7, 11) is 3.88. The maximum Gasteiger partial charge on any atom is 0.320 e. The van der Waals surface area contributed by atoms with E-state index in [1.54, 1.807) is 9.80 Å². The first-order valence-corrected chi connectivity index (χ1v) is 6.42. The Morgan fingerprint density at radius 3 is 2.50 bits per heavy atom. The van der Waals surface area contributed by atoms with E-state index >= 15 is 0 Å². The van der Waals surface area contributed by atoms with Gasteiger partial charge in [0, 0.05) is 32.7 Å². The van der Waals surface area contributed by atoms with E-state index in [9.17, 15) is 9.59 Å². The quantitative estimate of drug-likeness (QED) is 0.763. The van der Waals surface area contributed by atoms with Gasteiger partial charge in [-0.2, -0.15) is 0 Å². The molecule has 0 spiro atoms. The summed E-state index contributed by atoms with van der Waals surface area (Å²) in [5.41, 5.74) is 0. The highest BCUT2D eigenvalue weighted by Crippen LogP contribution is 2.20. The van der Waals surface area contributed by atoms with Crippen molar-refractivity contribution < 1.29 is 14.7 Å². The van der Waals surface area contributed by atoms with Crippen LogP contribution in [0.5, 0.6) is 0 Å². The van der Waals surface area contributed by atoms with Crippen LogP contribution >= 0.6 is 0 Å². The molecule has 2 saturated heterocycles. The van der Waals surface area contributed by atoms with Gasteiger partial charge < -0.3 is 19.8 Å². The van der Waals surface area contributed by atoms with Gasteiger partial charge in [-0.15, -0.1) is 0 Å². The van der Waals surface area contributed by atoms with Gasteiger partial charge in [0.1, 0.15) is 0 Å². The number of hydrogen-bond donors (Lipinski definition) is 1. The number of rotatable bonds is 2. The molecule has 0 aromatic heterocycles. The Morgan fingerprint density at radius 1 is 1.28 bits per heavy atom. The zero-order chi connectivity index (χ0) is 13.3. The number of aliphatic carboxylic acids is 1. The van der Waals surface area contributed by atoms with Crippen LogP contribution in [0, 0.1) is 5.92 Å². The molecule has 1 unspecified atom stereocenters. The number of carbonyl (C=O) groups is 2. The van der Waals surface area contributed by atoms with Crippen LogP contribution in [0.25, 0.3) is 0 Å². The molecule has 0 bridgehead atoms. The molecule has 1 N–H and O–H groups in total. The van der Waals surface area contributed by atoms with Gasteiger partial charge in [0.15, 0.2) is 0 Å². The number of amides is 2. The lowest BCUT2D eigenvalue weighted by Gasteiger charge is -2.43. The molecule has 102 valence electrons. The van der Waals surface area contributed by atoms with E-state index in [0.717, 1.165) is 25.9 Å². The summed E-state index contributed by atoms with van der Waals surface area (Å²) in [6.45, 7) is 2.68. The number of carbonyl (C=O) groups excluding carboxylic acids is 1. The smallest absolute Gasteiger partial charge is 0.320 e. The number of piperidine rings is 1. The molecule has 6 nitrogen and oxygen atoms in total. The third kappa shape index (κ3) is 2.58. The summed E-state index contributed by atoms with van der Waals surface area (Å²) in [6.07, 6.45) is 2.14. The van der Waals surface area contributed by atoms with Crippen molar-refractivity contribution in [3.05, 3.63) is 0 Å². The molecule has 2 fully saturated rings. The van der Waals surface area contributed by atoms with Crippen LogP contribution in [-0.4, -0.2) is 78.1 Å². The van der Waals surface area contributed by atoms with Gasteiger partial charge in [-0.3, -0.25) is 4.79 Å². The number of likely N-dealkylation sites (N-methyl/N-ethyl adjacent to an activating group) is 2. The highest BCUT2D eigenvalue weighted by molar-refractivity contribution is 5.79. The molecule has 2 aliphatic heterocycles. The zero-order valence-electron chi connectivity index (χ0n) is 11.0. The van der Waals surface area contributed by atoms with Crippen LogP contribution in [0.4, 0.5) is 4.79 Å². The Balaban J connectivity index is 1.84. The molecule has 0 radical (unpaired) electrons. The monoisotopic (exact) mass is 255 g/mol. The van der Waals surface area contributed by atoms with Crippen molar-refractivity contribution in [2.24, 2.45) is 5.92 Å². The lowest BCUT2D eigenvalue weighted by molar-refractivity contribution is -0.146. The molecule has 0 aliphatic carbocycles. The largest absolute Gasteiger partial charge is 0.481 e. The SMILES string of the molecule is CN1CCCC(N(C)C(=O)N2CC(C(=O)O)C2)C1. The van der Waals surface area contributed by atoms with Gasteiger partial charge in [-0.1, -0.05) is 0 Å². The maximum atomic E-state index is 12.1. The van der Waals surface area contributed by atoms with Crippen LogP contribution in [0.15, 0.2) is 0 Å². The molecule has 1 atom stereocenters. The summed E-state index contributed by atoms with van der Waals surface area (Å²) in [4.78, 5) is 28.5. The predicted octanol–water partition coefficient (Wildman–Crippen LogP) is 0.149. The van der Waals surface area contributed by atoms with Crippen LogP contribution < -0.4 is 0 Å². The van der Waals surface area contributed by atoms with Crippen molar-refractivity contribution in [1.82, 2.24) is 14.7 Å². The molecule has 0 aromatic carbocycles. The fourth-order valence-electron chi connectivity index (χ4n) is 2.63.